The molecule has 0 radical (unpaired) electrons. The van der Waals surface area contributed by atoms with Crippen LogP contribution in [0.15, 0.2) is 48.5 Å². The third-order valence-corrected chi connectivity index (χ3v) is 4.20. The smallest absolute Gasteiger partial charge is 0.315 e. The first-order valence-corrected chi connectivity index (χ1v) is 9.16. The highest BCUT2D eigenvalue weighted by Gasteiger charge is 2.19. The summed E-state index contributed by atoms with van der Waals surface area (Å²) in [5.41, 5.74) is 1.69. The van der Waals surface area contributed by atoms with Gasteiger partial charge in [0.1, 0.15) is 11.9 Å². The summed E-state index contributed by atoms with van der Waals surface area (Å²) in [6.45, 7) is 2.55. The highest BCUT2D eigenvalue weighted by molar-refractivity contribution is 6.30. The Balaban J connectivity index is 1.83. The minimum Gasteiger partial charge on any atom is -0.350 e. The maximum atomic E-state index is 12.9. The molecule has 3 amide bonds. The second-order valence-corrected chi connectivity index (χ2v) is 6.58. The molecule has 0 aliphatic rings. The summed E-state index contributed by atoms with van der Waals surface area (Å²) in [5, 5.41) is 8.82. The number of hydrogen-bond acceptors (Lipinski definition) is 2. The Labute approximate surface area is 163 Å². The number of amides is 3. The summed E-state index contributed by atoms with van der Waals surface area (Å²) in [6.07, 6.45) is 1.27. The average molecular weight is 392 g/mol. The molecule has 1 unspecified atom stereocenters. The van der Waals surface area contributed by atoms with E-state index in [-0.39, 0.29) is 18.3 Å². The van der Waals surface area contributed by atoms with Gasteiger partial charge in [-0.05, 0) is 41.8 Å². The average Bonchev–Trinajstić information content (AvgIpc) is 2.66. The van der Waals surface area contributed by atoms with Crippen molar-refractivity contribution in [3.8, 4) is 0 Å². The van der Waals surface area contributed by atoms with Gasteiger partial charge in [0, 0.05) is 18.1 Å². The Kier molecular flexibility index (Phi) is 8.07. The van der Waals surface area contributed by atoms with E-state index in [0.29, 0.717) is 18.0 Å². The molecule has 2 aromatic carbocycles. The van der Waals surface area contributed by atoms with Gasteiger partial charge in [0.05, 0.1) is 0 Å². The van der Waals surface area contributed by atoms with E-state index in [4.69, 9.17) is 11.6 Å². The largest absolute Gasteiger partial charge is 0.350 e. The molecule has 144 valence electrons. The number of carbonyl (C=O) groups is 2. The fourth-order valence-corrected chi connectivity index (χ4v) is 2.59. The molecule has 2 aromatic rings. The molecule has 2 rings (SSSR count). The predicted octanol–water partition coefficient (Wildman–Crippen LogP) is 3.76. The zero-order valence-electron chi connectivity index (χ0n) is 15.1. The van der Waals surface area contributed by atoms with Crippen LogP contribution in [-0.4, -0.2) is 18.0 Å². The lowest BCUT2D eigenvalue weighted by Gasteiger charge is -2.18. The summed E-state index contributed by atoms with van der Waals surface area (Å²) in [4.78, 5) is 24.5. The lowest BCUT2D eigenvalue weighted by atomic mass is 10.1. The van der Waals surface area contributed by atoms with Crippen LogP contribution in [0.4, 0.5) is 9.18 Å². The van der Waals surface area contributed by atoms with Crippen LogP contribution in [0, 0.1) is 5.82 Å². The van der Waals surface area contributed by atoms with Crippen molar-refractivity contribution in [1.82, 2.24) is 16.0 Å². The van der Waals surface area contributed by atoms with Crippen molar-refractivity contribution in [2.45, 2.75) is 38.9 Å². The van der Waals surface area contributed by atoms with Gasteiger partial charge in [-0.15, -0.1) is 0 Å². The van der Waals surface area contributed by atoms with Crippen LogP contribution in [-0.2, 0) is 17.9 Å². The summed E-state index contributed by atoms with van der Waals surface area (Å²) >= 11 is 5.84. The normalized spacial score (nSPS) is 11.5. The summed E-state index contributed by atoms with van der Waals surface area (Å²) in [6, 6.07) is 12.0. The van der Waals surface area contributed by atoms with Crippen molar-refractivity contribution >= 4 is 23.5 Å². The predicted molar refractivity (Wildman–Crippen MR) is 104 cm³/mol. The second-order valence-electron chi connectivity index (χ2n) is 6.14. The summed E-state index contributed by atoms with van der Waals surface area (Å²) < 4.78 is 12.9. The first kappa shape index (κ1) is 20.7. The number of halogens is 2. The van der Waals surface area contributed by atoms with E-state index >= 15 is 0 Å². The molecule has 1 atom stereocenters. The SMILES string of the molecule is CCCC(NC(=O)NCc1ccc(F)cc1)C(=O)NCc1ccc(Cl)cc1. The lowest BCUT2D eigenvalue weighted by molar-refractivity contribution is -0.123. The fourth-order valence-electron chi connectivity index (χ4n) is 2.47. The standard InChI is InChI=1S/C20H23ClFN3O2/c1-2-3-18(19(26)23-12-14-4-8-16(21)9-5-14)25-20(27)24-13-15-6-10-17(22)11-7-15/h4-11,18H,2-3,12-13H2,1H3,(H,23,26)(H2,24,25,27). The Morgan fingerprint density at radius 3 is 2.11 bits per heavy atom. The van der Waals surface area contributed by atoms with Crippen LogP contribution >= 0.6 is 11.6 Å². The third kappa shape index (κ3) is 7.27. The van der Waals surface area contributed by atoms with Crippen molar-refractivity contribution in [3.63, 3.8) is 0 Å². The van der Waals surface area contributed by atoms with E-state index in [0.717, 1.165) is 17.5 Å². The number of urea groups is 1. The maximum Gasteiger partial charge on any atom is 0.315 e. The van der Waals surface area contributed by atoms with E-state index in [1.54, 1.807) is 24.3 Å². The number of carbonyl (C=O) groups excluding carboxylic acids is 2. The molecule has 0 heterocycles. The van der Waals surface area contributed by atoms with Gasteiger partial charge >= 0.3 is 6.03 Å². The van der Waals surface area contributed by atoms with Gasteiger partial charge in [0.25, 0.3) is 0 Å². The van der Waals surface area contributed by atoms with E-state index in [2.05, 4.69) is 16.0 Å². The molecule has 3 N–H and O–H groups in total. The van der Waals surface area contributed by atoms with E-state index in [1.165, 1.54) is 12.1 Å². The van der Waals surface area contributed by atoms with Gasteiger partial charge in [-0.1, -0.05) is 49.2 Å². The quantitative estimate of drug-likeness (QED) is 0.641. The van der Waals surface area contributed by atoms with Gasteiger partial charge in [-0.2, -0.15) is 0 Å². The lowest BCUT2D eigenvalue weighted by Crippen LogP contribution is -2.49. The van der Waals surface area contributed by atoms with E-state index in [9.17, 15) is 14.0 Å². The maximum absolute atomic E-state index is 12.9. The fraction of sp³-hybridized carbons (Fsp3) is 0.300. The molecule has 0 aromatic heterocycles. The first-order valence-electron chi connectivity index (χ1n) is 8.79. The number of nitrogens with one attached hydrogen (secondary N) is 3. The molecule has 0 saturated heterocycles. The van der Waals surface area contributed by atoms with Crippen molar-refractivity contribution in [2.24, 2.45) is 0 Å². The van der Waals surface area contributed by atoms with Crippen molar-refractivity contribution in [3.05, 3.63) is 70.5 Å². The van der Waals surface area contributed by atoms with Crippen LogP contribution in [0.3, 0.4) is 0 Å². The van der Waals surface area contributed by atoms with Gasteiger partial charge in [0.15, 0.2) is 0 Å². The van der Waals surface area contributed by atoms with E-state index in [1.807, 2.05) is 19.1 Å². The minimum absolute atomic E-state index is 0.247. The van der Waals surface area contributed by atoms with Crippen LogP contribution in [0.2, 0.25) is 5.02 Å². The summed E-state index contributed by atoms with van der Waals surface area (Å²) in [7, 11) is 0. The highest BCUT2D eigenvalue weighted by atomic mass is 35.5. The zero-order valence-corrected chi connectivity index (χ0v) is 15.9. The molecule has 5 nitrogen and oxygen atoms in total. The van der Waals surface area contributed by atoms with Crippen molar-refractivity contribution in [2.75, 3.05) is 0 Å². The molecule has 0 aliphatic heterocycles. The molecule has 0 saturated carbocycles. The summed E-state index contributed by atoms with van der Waals surface area (Å²) in [5.74, 6) is -0.577. The van der Waals surface area contributed by atoms with Crippen molar-refractivity contribution < 1.29 is 14.0 Å². The van der Waals surface area contributed by atoms with Crippen LogP contribution in [0.5, 0.6) is 0 Å². The molecule has 0 spiro atoms. The Morgan fingerprint density at radius 1 is 0.963 bits per heavy atom. The van der Waals surface area contributed by atoms with Gasteiger partial charge in [-0.25, -0.2) is 9.18 Å². The van der Waals surface area contributed by atoms with Gasteiger partial charge in [-0.3, -0.25) is 4.79 Å². The second kappa shape index (κ2) is 10.5. The zero-order chi connectivity index (χ0) is 19.6. The first-order chi connectivity index (χ1) is 13.0. The molecule has 0 fully saturated rings. The molecule has 27 heavy (non-hydrogen) atoms. The molecular formula is C20H23ClFN3O2. The molecule has 7 heteroatoms. The van der Waals surface area contributed by atoms with E-state index < -0.39 is 12.1 Å². The van der Waals surface area contributed by atoms with Crippen molar-refractivity contribution in [1.29, 1.82) is 0 Å². The topological polar surface area (TPSA) is 70.2 Å². The Hall–Kier alpha value is -2.60. The highest BCUT2D eigenvalue weighted by Crippen LogP contribution is 2.09. The van der Waals surface area contributed by atoms with Crippen LogP contribution in [0.1, 0.15) is 30.9 Å². The molecule has 0 aliphatic carbocycles. The Bertz CT molecular complexity index is 751. The third-order valence-electron chi connectivity index (χ3n) is 3.95. The Morgan fingerprint density at radius 2 is 1.52 bits per heavy atom. The monoisotopic (exact) mass is 391 g/mol. The molecule has 0 bridgehead atoms. The minimum atomic E-state index is -0.629. The van der Waals surface area contributed by atoms with Gasteiger partial charge < -0.3 is 16.0 Å². The number of hydrogen-bond donors (Lipinski definition) is 3. The number of rotatable bonds is 8. The molecular weight excluding hydrogens is 369 g/mol. The number of benzene rings is 2. The van der Waals surface area contributed by atoms with Crippen LogP contribution < -0.4 is 16.0 Å². The van der Waals surface area contributed by atoms with Gasteiger partial charge in [0.2, 0.25) is 5.91 Å². The van der Waals surface area contributed by atoms with Crippen LogP contribution in [0.25, 0.3) is 0 Å².